The van der Waals surface area contributed by atoms with E-state index in [1.54, 1.807) is 0 Å². The summed E-state index contributed by atoms with van der Waals surface area (Å²) in [6.07, 6.45) is 2.55. The topological polar surface area (TPSA) is 32.3 Å². The third kappa shape index (κ3) is 4.32. The van der Waals surface area contributed by atoms with Gasteiger partial charge in [-0.1, -0.05) is 18.6 Å². The van der Waals surface area contributed by atoms with E-state index in [4.69, 9.17) is 0 Å². The normalized spacial score (nSPS) is 17.1. The van der Waals surface area contributed by atoms with E-state index in [1.165, 1.54) is 12.8 Å². The molecule has 1 heterocycles. The van der Waals surface area contributed by atoms with E-state index in [9.17, 15) is 4.79 Å². The van der Waals surface area contributed by atoms with Gasteiger partial charge in [-0.25, -0.2) is 0 Å². The first-order valence-corrected chi connectivity index (χ1v) is 8.12. The molecule has 0 bridgehead atoms. The number of carbonyl (C=O) groups excluding carboxylic acids is 1. The highest BCUT2D eigenvalue weighted by atomic mass is 79.9. The second-order valence-corrected chi connectivity index (χ2v) is 6.62. The summed E-state index contributed by atoms with van der Waals surface area (Å²) in [5.41, 5.74) is 1.82. The van der Waals surface area contributed by atoms with Crippen LogP contribution in [-0.2, 0) is 0 Å². The predicted molar refractivity (Wildman–Crippen MR) is 86.1 cm³/mol. The fourth-order valence-electron chi connectivity index (χ4n) is 2.52. The van der Waals surface area contributed by atoms with Gasteiger partial charge in [0.05, 0.1) is 5.56 Å². The number of aryl methyl sites for hydroxylation is 1. The quantitative estimate of drug-likeness (QED) is 0.914. The summed E-state index contributed by atoms with van der Waals surface area (Å²) < 4.78 is 0.854. The Hall–Kier alpha value is -0.870. The average Bonchev–Trinajstić information content (AvgIpc) is 2.43. The molecule has 1 fully saturated rings. The molecule has 0 radical (unpaired) electrons. The van der Waals surface area contributed by atoms with Crippen molar-refractivity contribution in [1.82, 2.24) is 10.2 Å². The zero-order chi connectivity index (χ0) is 14.5. The summed E-state index contributed by atoms with van der Waals surface area (Å²) in [4.78, 5) is 14.6. The second kappa shape index (κ2) is 7.23. The van der Waals surface area contributed by atoms with Crippen LogP contribution in [0.2, 0.25) is 0 Å². The molecule has 0 spiro atoms. The fraction of sp³-hybridized carbons (Fsp3) is 0.562. The third-order valence-electron chi connectivity index (χ3n) is 3.96. The molecule has 20 heavy (non-hydrogen) atoms. The Balaban J connectivity index is 1.79. The Morgan fingerprint density at radius 3 is 2.80 bits per heavy atom. The molecule has 1 aliphatic rings. The minimum Gasteiger partial charge on any atom is -0.351 e. The number of nitrogens with zero attached hydrogens (tertiary/aromatic N) is 1. The largest absolute Gasteiger partial charge is 0.351 e. The molecular formula is C16H23BrN2O. The van der Waals surface area contributed by atoms with Crippen molar-refractivity contribution in [2.45, 2.75) is 26.7 Å². The van der Waals surface area contributed by atoms with Gasteiger partial charge in [-0.2, -0.15) is 0 Å². The van der Waals surface area contributed by atoms with E-state index in [2.05, 4.69) is 33.1 Å². The zero-order valence-electron chi connectivity index (χ0n) is 12.3. The molecule has 2 rings (SSSR count). The molecule has 0 atom stereocenters. The van der Waals surface area contributed by atoms with Crippen LogP contribution in [0.1, 0.15) is 35.7 Å². The lowest BCUT2D eigenvalue weighted by Gasteiger charge is -2.30. The minimum atomic E-state index is 0.00551. The SMILES string of the molecule is Cc1ccc(Br)c(C(=O)NCCN2CCC(C)CC2)c1. The van der Waals surface area contributed by atoms with Crippen molar-refractivity contribution in [1.29, 1.82) is 0 Å². The van der Waals surface area contributed by atoms with Crippen molar-refractivity contribution in [2.75, 3.05) is 26.2 Å². The molecule has 0 unspecified atom stereocenters. The molecule has 4 heteroatoms. The van der Waals surface area contributed by atoms with Crippen LogP contribution in [0.25, 0.3) is 0 Å². The van der Waals surface area contributed by atoms with Crippen LogP contribution in [0.15, 0.2) is 22.7 Å². The number of hydrogen-bond acceptors (Lipinski definition) is 2. The number of benzene rings is 1. The lowest BCUT2D eigenvalue weighted by atomic mass is 9.99. The molecule has 0 aliphatic carbocycles. The molecule has 1 N–H and O–H groups in total. The molecule has 0 saturated carbocycles. The van der Waals surface area contributed by atoms with Gasteiger partial charge >= 0.3 is 0 Å². The molecule has 0 aromatic heterocycles. The van der Waals surface area contributed by atoms with E-state index in [0.29, 0.717) is 6.54 Å². The van der Waals surface area contributed by atoms with Crippen LogP contribution in [0, 0.1) is 12.8 Å². The standard InChI is InChI=1S/C16H23BrN2O/c1-12-5-8-19(9-6-12)10-7-18-16(20)14-11-13(2)3-4-15(14)17/h3-4,11-12H,5-10H2,1-2H3,(H,18,20). The van der Waals surface area contributed by atoms with Crippen molar-refractivity contribution in [3.8, 4) is 0 Å². The lowest BCUT2D eigenvalue weighted by Crippen LogP contribution is -2.39. The van der Waals surface area contributed by atoms with Gasteiger partial charge in [-0.05, 0) is 66.8 Å². The molecule has 1 aromatic carbocycles. The molecule has 3 nitrogen and oxygen atoms in total. The van der Waals surface area contributed by atoms with Crippen LogP contribution < -0.4 is 5.32 Å². The van der Waals surface area contributed by atoms with Crippen LogP contribution in [0.5, 0.6) is 0 Å². The van der Waals surface area contributed by atoms with Gasteiger partial charge in [0, 0.05) is 17.6 Å². The van der Waals surface area contributed by atoms with Gasteiger partial charge in [-0.3, -0.25) is 4.79 Å². The highest BCUT2D eigenvalue weighted by Gasteiger charge is 2.15. The first kappa shape index (κ1) is 15.5. The van der Waals surface area contributed by atoms with Gasteiger partial charge in [-0.15, -0.1) is 0 Å². The number of amides is 1. The lowest BCUT2D eigenvalue weighted by molar-refractivity contribution is 0.0943. The summed E-state index contributed by atoms with van der Waals surface area (Å²) in [5.74, 6) is 0.857. The summed E-state index contributed by atoms with van der Waals surface area (Å²) >= 11 is 3.43. The zero-order valence-corrected chi connectivity index (χ0v) is 13.9. The second-order valence-electron chi connectivity index (χ2n) is 5.76. The van der Waals surface area contributed by atoms with Crippen molar-refractivity contribution in [3.63, 3.8) is 0 Å². The van der Waals surface area contributed by atoms with E-state index < -0.39 is 0 Å². The maximum Gasteiger partial charge on any atom is 0.252 e. The summed E-state index contributed by atoms with van der Waals surface area (Å²) in [7, 11) is 0. The van der Waals surface area contributed by atoms with Crippen LogP contribution in [0.3, 0.4) is 0 Å². The van der Waals surface area contributed by atoms with Crippen molar-refractivity contribution < 1.29 is 4.79 Å². The number of nitrogens with one attached hydrogen (secondary N) is 1. The van der Waals surface area contributed by atoms with E-state index in [1.807, 2.05) is 25.1 Å². The monoisotopic (exact) mass is 338 g/mol. The number of hydrogen-bond donors (Lipinski definition) is 1. The first-order chi connectivity index (χ1) is 9.56. The van der Waals surface area contributed by atoms with Crippen molar-refractivity contribution in [3.05, 3.63) is 33.8 Å². The number of piperidine rings is 1. The van der Waals surface area contributed by atoms with Crippen LogP contribution >= 0.6 is 15.9 Å². The Labute approximate surface area is 129 Å². The maximum atomic E-state index is 12.2. The average molecular weight is 339 g/mol. The van der Waals surface area contributed by atoms with E-state index in [-0.39, 0.29) is 5.91 Å². The number of rotatable bonds is 4. The molecule has 1 saturated heterocycles. The van der Waals surface area contributed by atoms with E-state index >= 15 is 0 Å². The highest BCUT2D eigenvalue weighted by molar-refractivity contribution is 9.10. The number of likely N-dealkylation sites (tertiary alicyclic amines) is 1. The molecule has 1 aromatic rings. The Kier molecular flexibility index (Phi) is 5.61. The Morgan fingerprint density at radius 1 is 1.40 bits per heavy atom. The molecule has 1 aliphatic heterocycles. The van der Waals surface area contributed by atoms with Gasteiger partial charge in [0.2, 0.25) is 0 Å². The van der Waals surface area contributed by atoms with Gasteiger partial charge in [0.1, 0.15) is 0 Å². The predicted octanol–water partition coefficient (Wildman–Crippen LogP) is 3.22. The van der Waals surface area contributed by atoms with Crippen LogP contribution in [-0.4, -0.2) is 37.0 Å². The summed E-state index contributed by atoms with van der Waals surface area (Å²) in [5, 5.41) is 3.01. The van der Waals surface area contributed by atoms with Gasteiger partial charge in [0.25, 0.3) is 5.91 Å². The Morgan fingerprint density at radius 2 is 2.10 bits per heavy atom. The van der Waals surface area contributed by atoms with E-state index in [0.717, 1.165) is 41.2 Å². The Bertz CT molecular complexity index is 468. The maximum absolute atomic E-state index is 12.2. The van der Waals surface area contributed by atoms with Crippen LogP contribution in [0.4, 0.5) is 0 Å². The number of halogens is 1. The third-order valence-corrected chi connectivity index (χ3v) is 4.65. The van der Waals surface area contributed by atoms with Crippen molar-refractivity contribution in [2.24, 2.45) is 5.92 Å². The molecule has 1 amide bonds. The first-order valence-electron chi connectivity index (χ1n) is 7.33. The van der Waals surface area contributed by atoms with Gasteiger partial charge < -0.3 is 10.2 Å². The minimum absolute atomic E-state index is 0.00551. The smallest absolute Gasteiger partial charge is 0.252 e. The fourth-order valence-corrected chi connectivity index (χ4v) is 2.95. The summed E-state index contributed by atoms with van der Waals surface area (Å²) in [6.45, 7) is 8.29. The summed E-state index contributed by atoms with van der Waals surface area (Å²) in [6, 6.07) is 5.84. The number of carbonyl (C=O) groups is 1. The highest BCUT2D eigenvalue weighted by Crippen LogP contribution is 2.18. The van der Waals surface area contributed by atoms with Crippen molar-refractivity contribution >= 4 is 21.8 Å². The molecule has 110 valence electrons. The van der Waals surface area contributed by atoms with Gasteiger partial charge in [0.15, 0.2) is 0 Å². The molecular weight excluding hydrogens is 316 g/mol.